The first-order chi connectivity index (χ1) is 5.41. The van der Waals surface area contributed by atoms with Crippen LogP contribution in [0.4, 0.5) is 21.0 Å². The number of aromatic nitrogens is 2. The summed E-state index contributed by atoms with van der Waals surface area (Å²) in [6, 6.07) is 0. The van der Waals surface area contributed by atoms with Crippen molar-refractivity contribution in [1.29, 1.82) is 0 Å². The van der Waals surface area contributed by atoms with Crippen molar-refractivity contribution in [3.05, 3.63) is 12.4 Å². The van der Waals surface area contributed by atoms with E-state index in [1.54, 1.807) is 0 Å². The van der Waals surface area contributed by atoms with E-state index < -0.39 is 13.1 Å². The van der Waals surface area contributed by atoms with Crippen molar-refractivity contribution in [2.75, 3.05) is 0 Å². The van der Waals surface area contributed by atoms with Crippen LogP contribution in [0.25, 0.3) is 0 Å². The van der Waals surface area contributed by atoms with Gasteiger partial charge in [-0.2, -0.15) is 0 Å². The van der Waals surface area contributed by atoms with Crippen molar-refractivity contribution < 1.29 is 25.6 Å². The summed E-state index contributed by atoms with van der Waals surface area (Å²) in [5.41, 5.74) is -1.88. The Kier molecular flexibility index (Phi) is 1.49. The van der Waals surface area contributed by atoms with Gasteiger partial charge in [0.05, 0.1) is 0 Å². The first-order valence-electron chi connectivity index (χ1n) is 3.26. The Balaban J connectivity index is 3.58. The SMILES string of the molecule is Cn1cc[n+](C)c1[P-](F)(F)(F)(F)F. The molecule has 0 bridgehead atoms. The summed E-state index contributed by atoms with van der Waals surface area (Å²) in [5.74, 6) is 0. The summed E-state index contributed by atoms with van der Waals surface area (Å²) in [4.78, 5) is 0. The fourth-order valence-electron chi connectivity index (χ4n) is 1.18. The van der Waals surface area contributed by atoms with Crippen LogP contribution in [-0.4, -0.2) is 4.57 Å². The third-order valence-corrected chi connectivity index (χ3v) is 2.91. The van der Waals surface area contributed by atoms with Crippen LogP contribution >= 0.6 is 7.50 Å². The standard InChI is InChI=1S/C5H8F5N2P/c1-11-3-4-12(2)5(11)13(6,7,8,9)10/h3-4H,1-2H3. The van der Waals surface area contributed by atoms with Crippen LogP contribution in [0.2, 0.25) is 0 Å². The Morgan fingerprint density at radius 3 is 1.85 bits per heavy atom. The summed E-state index contributed by atoms with van der Waals surface area (Å²) >= 11 is 0. The molecule has 0 saturated carbocycles. The maximum atomic E-state index is 12.3. The predicted octanol–water partition coefficient (Wildman–Crippen LogP) is 1.99. The number of halogens is 5. The van der Waals surface area contributed by atoms with Crippen molar-refractivity contribution in [3.8, 4) is 0 Å². The zero-order valence-corrected chi connectivity index (χ0v) is 7.78. The number of aryl methyl sites for hydroxylation is 2. The molecule has 0 radical (unpaired) electrons. The van der Waals surface area contributed by atoms with E-state index in [0.717, 1.165) is 26.5 Å². The summed E-state index contributed by atoms with van der Waals surface area (Å²) in [6.45, 7) is 0. The molecular formula is C5H8F5N2P. The molecule has 0 amide bonds. The second-order valence-electron chi connectivity index (χ2n) is 2.88. The number of rotatable bonds is 1. The number of hydrogen-bond acceptors (Lipinski definition) is 0. The molecule has 1 aromatic rings. The molecule has 1 rings (SSSR count). The molecule has 0 N–H and O–H groups in total. The monoisotopic (exact) mass is 222 g/mol. The van der Waals surface area contributed by atoms with Gasteiger partial charge in [-0.3, -0.25) is 0 Å². The Hall–Kier alpha value is -0.710. The maximum absolute atomic E-state index is 12.3. The van der Waals surface area contributed by atoms with Crippen LogP contribution in [0.5, 0.6) is 0 Å². The molecule has 8 heteroatoms. The molecule has 1 aromatic heterocycles. The topological polar surface area (TPSA) is 8.81 Å². The third-order valence-electron chi connectivity index (χ3n) is 1.52. The van der Waals surface area contributed by atoms with E-state index in [2.05, 4.69) is 0 Å². The van der Waals surface area contributed by atoms with Crippen molar-refractivity contribution in [2.45, 2.75) is 0 Å². The summed E-state index contributed by atoms with van der Waals surface area (Å²) in [5, 5.41) is 0. The summed E-state index contributed by atoms with van der Waals surface area (Å²) in [7, 11) is -7.91. The first kappa shape index (κ1) is 10.4. The van der Waals surface area contributed by atoms with Crippen LogP contribution in [0.15, 0.2) is 12.4 Å². The van der Waals surface area contributed by atoms with Gasteiger partial charge in [0.15, 0.2) is 0 Å². The molecular weight excluding hydrogens is 214 g/mol. The minimum absolute atomic E-state index is 0.371. The molecule has 0 unspecified atom stereocenters. The molecule has 0 aliphatic rings. The van der Waals surface area contributed by atoms with Gasteiger partial charge in [0.1, 0.15) is 0 Å². The van der Waals surface area contributed by atoms with Gasteiger partial charge in [0.2, 0.25) is 0 Å². The van der Waals surface area contributed by atoms with Gasteiger partial charge in [-0.15, -0.1) is 0 Å². The van der Waals surface area contributed by atoms with Gasteiger partial charge in [0, 0.05) is 0 Å². The molecule has 78 valence electrons. The van der Waals surface area contributed by atoms with Gasteiger partial charge in [-0.25, -0.2) is 0 Å². The van der Waals surface area contributed by atoms with Crippen LogP contribution < -0.4 is 10.1 Å². The Morgan fingerprint density at radius 1 is 1.23 bits per heavy atom. The molecule has 0 aromatic carbocycles. The van der Waals surface area contributed by atoms with Gasteiger partial charge in [-0.1, -0.05) is 0 Å². The van der Waals surface area contributed by atoms with Gasteiger partial charge < -0.3 is 0 Å². The average molecular weight is 222 g/mol. The Labute approximate surface area is 70.7 Å². The summed E-state index contributed by atoms with van der Waals surface area (Å²) < 4.78 is 62.1. The molecule has 0 spiro atoms. The minimum atomic E-state index is -9.76. The number of nitrogens with zero attached hydrogens (tertiary/aromatic N) is 2. The Bertz CT molecular complexity index is 330. The van der Waals surface area contributed by atoms with Crippen molar-refractivity contribution in [1.82, 2.24) is 4.57 Å². The first-order valence-corrected chi connectivity index (χ1v) is 5.40. The second kappa shape index (κ2) is 1.87. The average Bonchev–Trinajstić information content (AvgIpc) is 2.04. The van der Waals surface area contributed by atoms with Crippen molar-refractivity contribution in [2.24, 2.45) is 14.1 Å². The molecule has 0 saturated heterocycles. The van der Waals surface area contributed by atoms with E-state index >= 15 is 0 Å². The van der Waals surface area contributed by atoms with Crippen molar-refractivity contribution >= 4 is 13.1 Å². The predicted molar refractivity (Wildman–Crippen MR) is 38.7 cm³/mol. The molecule has 13 heavy (non-hydrogen) atoms. The van der Waals surface area contributed by atoms with E-state index in [1.807, 2.05) is 0 Å². The van der Waals surface area contributed by atoms with Crippen LogP contribution in [0.1, 0.15) is 0 Å². The molecule has 0 aliphatic heterocycles. The Morgan fingerprint density at radius 2 is 1.69 bits per heavy atom. The zero-order chi connectivity index (χ0) is 10.6. The van der Waals surface area contributed by atoms with Gasteiger partial charge in [0.25, 0.3) is 0 Å². The van der Waals surface area contributed by atoms with E-state index in [-0.39, 0.29) is 0 Å². The zero-order valence-electron chi connectivity index (χ0n) is 6.89. The molecule has 2 nitrogen and oxygen atoms in total. The van der Waals surface area contributed by atoms with E-state index in [0.29, 0.717) is 9.13 Å². The molecule has 0 atom stereocenters. The van der Waals surface area contributed by atoms with Crippen LogP contribution in [0.3, 0.4) is 0 Å². The molecule has 0 aliphatic carbocycles. The fourth-order valence-corrected chi connectivity index (χ4v) is 2.50. The second-order valence-corrected chi connectivity index (χ2v) is 5.40. The van der Waals surface area contributed by atoms with Gasteiger partial charge >= 0.3 is 69.7 Å². The normalized spacial score (nSPS) is 18.1. The van der Waals surface area contributed by atoms with E-state index in [1.165, 1.54) is 0 Å². The van der Waals surface area contributed by atoms with E-state index in [4.69, 9.17) is 0 Å². The quantitative estimate of drug-likeness (QED) is 0.390. The number of hydrogen-bond donors (Lipinski definition) is 0. The number of imidazole rings is 1. The van der Waals surface area contributed by atoms with Crippen molar-refractivity contribution in [3.63, 3.8) is 0 Å². The van der Waals surface area contributed by atoms with E-state index in [9.17, 15) is 21.0 Å². The van der Waals surface area contributed by atoms with Gasteiger partial charge in [-0.05, 0) is 0 Å². The fraction of sp³-hybridized carbons (Fsp3) is 0.400. The molecule has 0 fully saturated rings. The summed E-state index contributed by atoms with van der Waals surface area (Å²) in [6.07, 6.45) is 1.86. The molecule has 1 heterocycles. The van der Waals surface area contributed by atoms with Crippen LogP contribution in [-0.2, 0) is 14.1 Å². The van der Waals surface area contributed by atoms with Crippen LogP contribution in [0, 0.1) is 0 Å². The third kappa shape index (κ3) is 1.96.